The van der Waals surface area contributed by atoms with Crippen LogP contribution in [0.25, 0.3) is 0 Å². The van der Waals surface area contributed by atoms with Crippen molar-refractivity contribution >= 4 is 34.5 Å². The van der Waals surface area contributed by atoms with E-state index in [1.807, 2.05) is 31.4 Å². The molecule has 2 amide bonds. The van der Waals surface area contributed by atoms with Gasteiger partial charge in [0, 0.05) is 17.1 Å². The number of anilines is 2. The van der Waals surface area contributed by atoms with Gasteiger partial charge in [0.05, 0.1) is 17.5 Å². The van der Waals surface area contributed by atoms with Gasteiger partial charge in [0.1, 0.15) is 12.4 Å². The fourth-order valence-electron chi connectivity index (χ4n) is 2.81. The Labute approximate surface area is 157 Å². The van der Waals surface area contributed by atoms with Crippen LogP contribution in [0.5, 0.6) is 5.75 Å². The van der Waals surface area contributed by atoms with Gasteiger partial charge in [0.15, 0.2) is 0 Å². The van der Waals surface area contributed by atoms with Crippen molar-refractivity contribution < 1.29 is 14.3 Å². The number of amides is 2. The Morgan fingerprint density at radius 3 is 2.92 bits per heavy atom. The van der Waals surface area contributed by atoms with E-state index in [-0.39, 0.29) is 11.8 Å². The average molecular weight is 370 g/mol. The third-order valence-corrected chi connectivity index (χ3v) is 5.05. The number of carbonyl (C=O) groups excluding carboxylic acids is 2. The summed E-state index contributed by atoms with van der Waals surface area (Å²) < 4.78 is 5.85. The van der Waals surface area contributed by atoms with Crippen molar-refractivity contribution in [2.45, 2.75) is 20.3 Å². The van der Waals surface area contributed by atoms with Gasteiger partial charge in [-0.25, -0.2) is 0 Å². The predicted molar refractivity (Wildman–Crippen MR) is 105 cm³/mol. The topological polar surface area (TPSA) is 58.6 Å². The average Bonchev–Trinajstić information content (AvgIpc) is 3.07. The molecule has 3 rings (SSSR count). The Hall–Kier alpha value is -2.60. The van der Waals surface area contributed by atoms with Crippen LogP contribution < -0.4 is 15.0 Å². The highest BCUT2D eigenvalue weighted by atomic mass is 32.1. The lowest BCUT2D eigenvalue weighted by molar-refractivity contribution is -0.127. The summed E-state index contributed by atoms with van der Waals surface area (Å²) in [5.74, 6) is 0.504. The molecule has 1 aromatic carbocycles. The zero-order chi connectivity index (χ0) is 18.7. The monoisotopic (exact) mass is 370 g/mol. The minimum atomic E-state index is -0.634. The number of carbonyl (C=O) groups is 2. The van der Waals surface area contributed by atoms with Gasteiger partial charge in [-0.15, -0.1) is 17.9 Å². The number of ether oxygens (including phenoxy) is 1. The van der Waals surface area contributed by atoms with Crippen molar-refractivity contribution in [1.82, 2.24) is 0 Å². The largest absolute Gasteiger partial charge is 0.490 e. The first kappa shape index (κ1) is 18.2. The molecule has 0 saturated carbocycles. The molecule has 26 heavy (non-hydrogen) atoms. The minimum Gasteiger partial charge on any atom is -0.490 e. The lowest BCUT2D eigenvalue weighted by atomic mass is 9.93. The van der Waals surface area contributed by atoms with E-state index in [2.05, 4.69) is 11.9 Å². The molecule has 136 valence electrons. The molecule has 0 spiro atoms. The summed E-state index contributed by atoms with van der Waals surface area (Å²) in [5.41, 5.74) is 0.648. The normalized spacial score (nSPS) is 15.6. The van der Waals surface area contributed by atoms with Crippen molar-refractivity contribution in [3.8, 4) is 5.75 Å². The summed E-state index contributed by atoms with van der Waals surface area (Å²) in [6.45, 7) is 8.16. The van der Waals surface area contributed by atoms with Gasteiger partial charge in [-0.2, -0.15) is 0 Å². The summed E-state index contributed by atoms with van der Waals surface area (Å²) >= 11 is 1.55. The molecule has 0 aliphatic carbocycles. The summed E-state index contributed by atoms with van der Waals surface area (Å²) in [4.78, 5) is 27.8. The highest BCUT2D eigenvalue weighted by Gasteiger charge is 2.37. The zero-order valence-electron chi connectivity index (χ0n) is 15.0. The zero-order valence-corrected chi connectivity index (χ0v) is 15.8. The summed E-state index contributed by atoms with van der Waals surface area (Å²) in [6.07, 6.45) is 2.01. The molecular weight excluding hydrogens is 348 g/mol. The van der Waals surface area contributed by atoms with Gasteiger partial charge in [-0.1, -0.05) is 12.1 Å². The number of rotatable bonds is 5. The van der Waals surface area contributed by atoms with Crippen LogP contribution in [0.3, 0.4) is 0 Å². The number of nitrogens with one attached hydrogen (secondary N) is 1. The molecule has 2 heterocycles. The van der Waals surface area contributed by atoms with Crippen molar-refractivity contribution in [3.63, 3.8) is 0 Å². The molecule has 0 unspecified atom stereocenters. The maximum absolute atomic E-state index is 12.9. The highest BCUT2D eigenvalue weighted by molar-refractivity contribution is 7.10. The Bertz CT molecular complexity index is 828. The molecule has 1 aromatic heterocycles. The number of thiophene rings is 1. The van der Waals surface area contributed by atoms with E-state index in [1.54, 1.807) is 40.5 Å². The van der Waals surface area contributed by atoms with Gasteiger partial charge < -0.3 is 15.0 Å². The standard InChI is InChI=1S/C20H22N2O3S/c1-4-9-22-16-11-14(21-18(23)12-15-6-5-10-26-15)7-8-17(16)25-13-20(2,3)19(22)24/h4-8,10-11H,1,9,12-13H2,2-3H3,(H,21,23). The van der Waals surface area contributed by atoms with Crippen molar-refractivity contribution in [2.24, 2.45) is 5.41 Å². The van der Waals surface area contributed by atoms with Crippen LogP contribution in [0.4, 0.5) is 11.4 Å². The molecule has 0 fully saturated rings. The van der Waals surface area contributed by atoms with Crippen LogP contribution in [0, 0.1) is 5.41 Å². The second kappa shape index (κ2) is 7.33. The van der Waals surface area contributed by atoms with E-state index in [0.717, 1.165) is 4.88 Å². The Morgan fingerprint density at radius 2 is 2.23 bits per heavy atom. The van der Waals surface area contributed by atoms with Crippen molar-refractivity contribution in [2.75, 3.05) is 23.4 Å². The van der Waals surface area contributed by atoms with E-state index in [1.165, 1.54) is 0 Å². The first-order valence-corrected chi connectivity index (χ1v) is 9.30. The van der Waals surface area contributed by atoms with Gasteiger partial charge in [-0.3, -0.25) is 9.59 Å². The molecule has 0 atom stereocenters. The lowest BCUT2D eigenvalue weighted by Gasteiger charge is -2.27. The number of hydrogen-bond acceptors (Lipinski definition) is 4. The number of benzene rings is 1. The maximum atomic E-state index is 12.9. The van der Waals surface area contributed by atoms with Crippen LogP contribution in [0.1, 0.15) is 18.7 Å². The molecular formula is C20H22N2O3S. The summed E-state index contributed by atoms with van der Waals surface area (Å²) in [5, 5.41) is 4.84. The second-order valence-electron chi connectivity index (χ2n) is 6.86. The van der Waals surface area contributed by atoms with E-state index in [0.29, 0.717) is 36.7 Å². The maximum Gasteiger partial charge on any atom is 0.236 e. The highest BCUT2D eigenvalue weighted by Crippen LogP contribution is 2.38. The number of fused-ring (bicyclic) bond motifs is 1. The molecule has 5 nitrogen and oxygen atoms in total. The molecule has 6 heteroatoms. The van der Waals surface area contributed by atoms with Gasteiger partial charge in [-0.05, 0) is 43.5 Å². The quantitative estimate of drug-likeness (QED) is 0.813. The number of hydrogen-bond donors (Lipinski definition) is 1. The molecule has 0 bridgehead atoms. The third-order valence-electron chi connectivity index (χ3n) is 4.17. The van der Waals surface area contributed by atoms with Crippen LogP contribution in [0.2, 0.25) is 0 Å². The molecule has 1 aliphatic rings. The van der Waals surface area contributed by atoms with Gasteiger partial charge in [0.25, 0.3) is 0 Å². The fourth-order valence-corrected chi connectivity index (χ4v) is 3.51. The predicted octanol–water partition coefficient (Wildman–Crippen LogP) is 3.87. The smallest absolute Gasteiger partial charge is 0.236 e. The van der Waals surface area contributed by atoms with Crippen LogP contribution in [0.15, 0.2) is 48.4 Å². The molecule has 2 aromatic rings. The fraction of sp³-hybridized carbons (Fsp3) is 0.300. The van der Waals surface area contributed by atoms with Crippen LogP contribution in [-0.4, -0.2) is 25.0 Å². The first-order valence-electron chi connectivity index (χ1n) is 8.42. The number of nitrogens with zero attached hydrogens (tertiary/aromatic N) is 1. The SMILES string of the molecule is C=CCN1C(=O)C(C)(C)COc2ccc(NC(=O)Cc3cccs3)cc21. The summed E-state index contributed by atoms with van der Waals surface area (Å²) in [7, 11) is 0. The Kier molecular flexibility index (Phi) is 5.13. The molecule has 0 saturated heterocycles. The van der Waals surface area contributed by atoms with Gasteiger partial charge >= 0.3 is 0 Å². The molecule has 0 radical (unpaired) electrons. The van der Waals surface area contributed by atoms with Crippen LogP contribution in [-0.2, 0) is 16.0 Å². The minimum absolute atomic E-state index is 0.0294. The van der Waals surface area contributed by atoms with Gasteiger partial charge in [0.2, 0.25) is 11.8 Å². The molecule has 1 N–H and O–H groups in total. The van der Waals surface area contributed by atoms with Crippen molar-refractivity contribution in [1.29, 1.82) is 0 Å². The van der Waals surface area contributed by atoms with E-state index >= 15 is 0 Å². The van der Waals surface area contributed by atoms with E-state index < -0.39 is 5.41 Å². The second-order valence-corrected chi connectivity index (χ2v) is 7.90. The lowest BCUT2D eigenvalue weighted by Crippen LogP contribution is -2.42. The van der Waals surface area contributed by atoms with E-state index in [4.69, 9.17) is 4.74 Å². The van der Waals surface area contributed by atoms with E-state index in [9.17, 15) is 9.59 Å². The molecule has 1 aliphatic heterocycles. The third kappa shape index (κ3) is 3.80. The Morgan fingerprint density at radius 1 is 1.42 bits per heavy atom. The first-order chi connectivity index (χ1) is 12.4. The Balaban J connectivity index is 1.86. The van der Waals surface area contributed by atoms with Crippen LogP contribution >= 0.6 is 11.3 Å². The van der Waals surface area contributed by atoms with Crippen molar-refractivity contribution in [3.05, 3.63) is 53.2 Å². The summed E-state index contributed by atoms with van der Waals surface area (Å²) in [6, 6.07) is 9.22.